The van der Waals surface area contributed by atoms with Gasteiger partial charge in [-0.25, -0.2) is 0 Å². The van der Waals surface area contributed by atoms with E-state index in [4.69, 9.17) is 0 Å². The van der Waals surface area contributed by atoms with Gasteiger partial charge in [-0.3, -0.25) is 4.79 Å². The van der Waals surface area contributed by atoms with Gasteiger partial charge in [-0.05, 0) is 26.3 Å². The number of hydrogen-bond acceptors (Lipinski definition) is 4. The molecule has 1 aliphatic heterocycles. The van der Waals surface area contributed by atoms with E-state index in [9.17, 15) is 4.79 Å². The first-order valence-electron chi connectivity index (χ1n) is 5.69. The third kappa shape index (κ3) is 2.38. The molecule has 1 aromatic rings. The van der Waals surface area contributed by atoms with Gasteiger partial charge in [0, 0.05) is 6.54 Å². The zero-order valence-corrected chi connectivity index (χ0v) is 9.44. The lowest BCUT2D eigenvalue weighted by Gasteiger charge is -2.10. The second kappa shape index (κ2) is 5.07. The van der Waals surface area contributed by atoms with Gasteiger partial charge in [-0.2, -0.15) is 0 Å². The van der Waals surface area contributed by atoms with E-state index in [2.05, 4.69) is 20.8 Å². The summed E-state index contributed by atoms with van der Waals surface area (Å²) in [6, 6.07) is -0.0296. The van der Waals surface area contributed by atoms with Crippen molar-refractivity contribution in [2.45, 2.75) is 38.9 Å². The molecule has 0 saturated carbocycles. The smallest absolute Gasteiger partial charge is 0.237 e. The van der Waals surface area contributed by atoms with Gasteiger partial charge in [0.25, 0.3) is 0 Å². The molecule has 2 rings (SSSR count). The first-order chi connectivity index (χ1) is 7.81. The van der Waals surface area contributed by atoms with Gasteiger partial charge < -0.3 is 15.2 Å². The quantitative estimate of drug-likeness (QED) is 0.733. The summed E-state index contributed by atoms with van der Waals surface area (Å²) in [7, 11) is 0. The first kappa shape index (κ1) is 11.1. The van der Waals surface area contributed by atoms with Gasteiger partial charge in [0.15, 0.2) is 5.82 Å². The summed E-state index contributed by atoms with van der Waals surface area (Å²) in [5, 5.41) is 13.8. The second-order valence-corrected chi connectivity index (χ2v) is 3.90. The summed E-state index contributed by atoms with van der Waals surface area (Å²) in [5.74, 6) is 0.858. The van der Waals surface area contributed by atoms with Crippen molar-refractivity contribution in [3.63, 3.8) is 0 Å². The molecule has 1 fully saturated rings. The van der Waals surface area contributed by atoms with Crippen LogP contribution in [0, 0.1) is 0 Å². The fourth-order valence-corrected chi connectivity index (χ4v) is 1.88. The van der Waals surface area contributed by atoms with Crippen LogP contribution in [-0.4, -0.2) is 33.3 Å². The maximum atomic E-state index is 11.7. The third-order valence-corrected chi connectivity index (χ3v) is 2.83. The van der Waals surface area contributed by atoms with Crippen LogP contribution in [0.2, 0.25) is 0 Å². The Hall–Kier alpha value is -1.43. The molecule has 6 heteroatoms. The average Bonchev–Trinajstić information content (AvgIpc) is 2.96. The van der Waals surface area contributed by atoms with Crippen LogP contribution >= 0.6 is 0 Å². The number of aromatic nitrogens is 3. The molecule has 6 nitrogen and oxygen atoms in total. The highest BCUT2D eigenvalue weighted by Gasteiger charge is 2.21. The maximum absolute atomic E-state index is 11.7. The molecule has 88 valence electrons. The molecular weight excluding hydrogens is 206 g/mol. The molecule has 2 N–H and O–H groups in total. The van der Waals surface area contributed by atoms with Crippen molar-refractivity contribution in [2.24, 2.45) is 0 Å². The van der Waals surface area contributed by atoms with Crippen molar-refractivity contribution in [2.75, 3.05) is 6.54 Å². The van der Waals surface area contributed by atoms with E-state index < -0.39 is 0 Å². The number of aryl methyl sites for hydroxylation is 1. The van der Waals surface area contributed by atoms with Gasteiger partial charge in [-0.15, -0.1) is 10.2 Å². The highest BCUT2D eigenvalue weighted by molar-refractivity contribution is 5.81. The van der Waals surface area contributed by atoms with Crippen LogP contribution in [0.3, 0.4) is 0 Å². The summed E-state index contributed by atoms with van der Waals surface area (Å²) in [6.45, 7) is 4.22. The molecule has 0 aliphatic carbocycles. The standard InChI is InChI=1S/C10H17N5O/c1-2-15-7-13-14-9(15)6-12-10(16)8-4-3-5-11-8/h7-8,11H,2-6H2,1H3,(H,12,16). The number of carbonyl (C=O) groups is 1. The number of rotatable bonds is 4. The minimum absolute atomic E-state index is 0.0296. The molecule has 1 saturated heterocycles. The van der Waals surface area contributed by atoms with Crippen LogP contribution in [0.5, 0.6) is 0 Å². The SMILES string of the molecule is CCn1cnnc1CNC(=O)C1CCCN1. The number of nitrogens with one attached hydrogen (secondary N) is 2. The van der Waals surface area contributed by atoms with Gasteiger partial charge in [0.1, 0.15) is 6.33 Å². The molecule has 2 heterocycles. The Morgan fingerprint density at radius 3 is 3.31 bits per heavy atom. The van der Waals surface area contributed by atoms with Crippen molar-refractivity contribution >= 4 is 5.91 Å². The Bertz CT molecular complexity index is 356. The minimum atomic E-state index is -0.0296. The summed E-state index contributed by atoms with van der Waals surface area (Å²) in [6.07, 6.45) is 3.67. The summed E-state index contributed by atoms with van der Waals surface area (Å²) in [5.41, 5.74) is 0. The van der Waals surface area contributed by atoms with Crippen LogP contribution < -0.4 is 10.6 Å². The summed E-state index contributed by atoms with van der Waals surface area (Å²) >= 11 is 0. The molecule has 16 heavy (non-hydrogen) atoms. The van der Waals surface area contributed by atoms with Gasteiger partial charge in [0.2, 0.25) is 5.91 Å². The zero-order chi connectivity index (χ0) is 11.4. The Balaban J connectivity index is 1.84. The predicted octanol–water partition coefficient (Wildman–Crippen LogP) is -0.334. The van der Waals surface area contributed by atoms with E-state index >= 15 is 0 Å². The monoisotopic (exact) mass is 223 g/mol. The predicted molar refractivity (Wildman–Crippen MR) is 58.6 cm³/mol. The van der Waals surface area contributed by atoms with Crippen LogP contribution in [-0.2, 0) is 17.9 Å². The highest BCUT2D eigenvalue weighted by atomic mass is 16.2. The van der Waals surface area contributed by atoms with Crippen molar-refractivity contribution in [1.82, 2.24) is 25.4 Å². The molecule has 1 unspecified atom stereocenters. The third-order valence-electron chi connectivity index (χ3n) is 2.83. The zero-order valence-electron chi connectivity index (χ0n) is 9.44. The Morgan fingerprint density at radius 2 is 2.62 bits per heavy atom. The summed E-state index contributed by atoms with van der Waals surface area (Å²) < 4.78 is 1.92. The molecule has 0 bridgehead atoms. The lowest BCUT2D eigenvalue weighted by atomic mass is 10.2. The molecule has 1 atom stereocenters. The minimum Gasteiger partial charge on any atom is -0.347 e. The Morgan fingerprint density at radius 1 is 1.75 bits per heavy atom. The molecule has 0 spiro atoms. The van der Waals surface area contributed by atoms with E-state index in [0.717, 1.165) is 31.8 Å². The second-order valence-electron chi connectivity index (χ2n) is 3.90. The lowest BCUT2D eigenvalue weighted by Crippen LogP contribution is -2.40. The molecule has 0 aromatic carbocycles. The van der Waals surface area contributed by atoms with Gasteiger partial charge in [-0.1, -0.05) is 0 Å². The van der Waals surface area contributed by atoms with Crippen LogP contribution in [0.4, 0.5) is 0 Å². The van der Waals surface area contributed by atoms with E-state index in [1.807, 2.05) is 11.5 Å². The maximum Gasteiger partial charge on any atom is 0.237 e. The normalized spacial score (nSPS) is 19.9. The highest BCUT2D eigenvalue weighted by Crippen LogP contribution is 2.04. The Labute approximate surface area is 94.4 Å². The van der Waals surface area contributed by atoms with Crippen LogP contribution in [0.15, 0.2) is 6.33 Å². The van der Waals surface area contributed by atoms with Crippen LogP contribution in [0.25, 0.3) is 0 Å². The van der Waals surface area contributed by atoms with E-state index in [0.29, 0.717) is 6.54 Å². The topological polar surface area (TPSA) is 71.8 Å². The fourth-order valence-electron chi connectivity index (χ4n) is 1.88. The van der Waals surface area contributed by atoms with E-state index in [-0.39, 0.29) is 11.9 Å². The summed E-state index contributed by atoms with van der Waals surface area (Å²) in [4.78, 5) is 11.7. The first-order valence-corrected chi connectivity index (χ1v) is 5.69. The van der Waals surface area contributed by atoms with Gasteiger partial charge in [0.05, 0.1) is 12.6 Å². The van der Waals surface area contributed by atoms with Crippen LogP contribution in [0.1, 0.15) is 25.6 Å². The number of hydrogen-bond donors (Lipinski definition) is 2. The fraction of sp³-hybridized carbons (Fsp3) is 0.700. The molecule has 0 radical (unpaired) electrons. The molecular formula is C10H17N5O. The average molecular weight is 223 g/mol. The molecule has 1 amide bonds. The van der Waals surface area contributed by atoms with Crippen molar-refractivity contribution < 1.29 is 4.79 Å². The van der Waals surface area contributed by atoms with Crippen molar-refractivity contribution in [3.8, 4) is 0 Å². The van der Waals surface area contributed by atoms with E-state index in [1.54, 1.807) is 6.33 Å². The van der Waals surface area contributed by atoms with Crippen molar-refractivity contribution in [1.29, 1.82) is 0 Å². The number of carbonyl (C=O) groups excluding carboxylic acids is 1. The number of nitrogens with zero attached hydrogens (tertiary/aromatic N) is 3. The lowest BCUT2D eigenvalue weighted by molar-refractivity contribution is -0.123. The number of amides is 1. The molecule has 1 aliphatic rings. The Kier molecular flexibility index (Phi) is 3.51. The van der Waals surface area contributed by atoms with Crippen molar-refractivity contribution in [3.05, 3.63) is 12.2 Å². The van der Waals surface area contributed by atoms with Gasteiger partial charge >= 0.3 is 0 Å². The largest absolute Gasteiger partial charge is 0.347 e. The molecule has 1 aromatic heterocycles. The van der Waals surface area contributed by atoms with E-state index in [1.165, 1.54) is 0 Å².